The van der Waals surface area contributed by atoms with E-state index in [-0.39, 0.29) is 11.9 Å². The van der Waals surface area contributed by atoms with Gasteiger partial charge in [-0.25, -0.2) is 4.39 Å². The third-order valence-electron chi connectivity index (χ3n) is 3.21. The van der Waals surface area contributed by atoms with E-state index in [0.29, 0.717) is 27.8 Å². The quantitative estimate of drug-likeness (QED) is 0.646. The van der Waals surface area contributed by atoms with Crippen molar-refractivity contribution in [1.29, 1.82) is 0 Å². The summed E-state index contributed by atoms with van der Waals surface area (Å²) in [5.41, 5.74) is 4.29. The van der Waals surface area contributed by atoms with Gasteiger partial charge in [-0.15, -0.1) is 0 Å². The largest absolute Gasteiger partial charge is 0.496 e. The maximum Gasteiger partial charge on any atom is 0.124 e. The minimum absolute atomic E-state index is 0.287. The van der Waals surface area contributed by atoms with Crippen LogP contribution in [0, 0.1) is 5.82 Å². The molecule has 0 amide bonds. The van der Waals surface area contributed by atoms with Crippen LogP contribution in [-0.4, -0.2) is 7.11 Å². The van der Waals surface area contributed by atoms with Crippen molar-refractivity contribution in [1.82, 2.24) is 5.43 Å². The van der Waals surface area contributed by atoms with Gasteiger partial charge in [-0.1, -0.05) is 29.3 Å². The van der Waals surface area contributed by atoms with Gasteiger partial charge in [0, 0.05) is 10.0 Å². The van der Waals surface area contributed by atoms with E-state index in [0.717, 1.165) is 5.56 Å². The van der Waals surface area contributed by atoms with Crippen LogP contribution in [0.25, 0.3) is 0 Å². The summed E-state index contributed by atoms with van der Waals surface area (Å²) < 4.78 is 18.5. The summed E-state index contributed by atoms with van der Waals surface area (Å²) in [6.07, 6.45) is 0.506. The molecule has 3 nitrogen and oxygen atoms in total. The Hall–Kier alpha value is -1.33. The fourth-order valence-electron chi connectivity index (χ4n) is 2.17. The van der Waals surface area contributed by atoms with E-state index in [1.807, 2.05) is 6.07 Å². The molecule has 0 spiro atoms. The highest BCUT2D eigenvalue weighted by molar-refractivity contribution is 6.31. The van der Waals surface area contributed by atoms with Gasteiger partial charge in [0.05, 0.1) is 13.2 Å². The van der Waals surface area contributed by atoms with Crippen molar-refractivity contribution >= 4 is 23.2 Å². The van der Waals surface area contributed by atoms with Gasteiger partial charge in [0.15, 0.2) is 0 Å². The molecule has 0 aliphatic heterocycles. The lowest BCUT2D eigenvalue weighted by Crippen LogP contribution is -2.30. The molecule has 0 aliphatic carbocycles. The summed E-state index contributed by atoms with van der Waals surface area (Å²) in [6.45, 7) is 0. The lowest BCUT2D eigenvalue weighted by atomic mass is 9.98. The average Bonchev–Trinajstić information content (AvgIpc) is 2.45. The highest BCUT2D eigenvalue weighted by Gasteiger charge is 2.17. The molecular formula is C15H15Cl2FN2O. The molecule has 112 valence electrons. The fourth-order valence-corrected chi connectivity index (χ4v) is 2.66. The zero-order valence-electron chi connectivity index (χ0n) is 11.4. The van der Waals surface area contributed by atoms with Gasteiger partial charge in [0.2, 0.25) is 0 Å². The molecule has 6 heteroatoms. The van der Waals surface area contributed by atoms with E-state index < -0.39 is 0 Å². The van der Waals surface area contributed by atoms with Crippen molar-refractivity contribution in [2.24, 2.45) is 5.84 Å². The van der Waals surface area contributed by atoms with Crippen molar-refractivity contribution in [3.8, 4) is 5.75 Å². The Kier molecular flexibility index (Phi) is 5.42. The van der Waals surface area contributed by atoms with Gasteiger partial charge < -0.3 is 4.74 Å². The monoisotopic (exact) mass is 328 g/mol. The van der Waals surface area contributed by atoms with Gasteiger partial charge in [-0.3, -0.25) is 11.3 Å². The molecule has 0 fully saturated rings. The fraction of sp³-hybridized carbons (Fsp3) is 0.200. The Bertz CT molecular complexity index is 637. The number of nitrogens with two attached hydrogens (primary N) is 1. The number of halogens is 3. The Morgan fingerprint density at radius 2 is 2.00 bits per heavy atom. The molecular weight excluding hydrogens is 314 g/mol. The molecule has 0 radical (unpaired) electrons. The number of hydrazine groups is 1. The minimum Gasteiger partial charge on any atom is -0.496 e. The molecule has 21 heavy (non-hydrogen) atoms. The number of rotatable bonds is 5. The SMILES string of the molecule is COc1ccc(Cl)cc1CC(NN)c1ccc(F)cc1Cl. The summed E-state index contributed by atoms with van der Waals surface area (Å²) in [5.74, 6) is 5.93. The standard InChI is InChI=1S/C15H15Cl2FN2O/c1-21-15-5-2-10(16)6-9(15)7-14(20-19)12-4-3-11(18)8-13(12)17/h2-6,8,14,20H,7,19H2,1H3. The van der Waals surface area contributed by atoms with Crippen LogP contribution in [0.5, 0.6) is 5.75 Å². The van der Waals surface area contributed by atoms with Crippen LogP contribution < -0.4 is 16.0 Å². The first kappa shape index (κ1) is 16.0. The van der Waals surface area contributed by atoms with E-state index in [4.69, 9.17) is 33.8 Å². The first-order valence-electron chi connectivity index (χ1n) is 6.28. The molecule has 0 saturated carbocycles. The van der Waals surface area contributed by atoms with Crippen LogP contribution in [0.2, 0.25) is 10.0 Å². The summed E-state index contributed by atoms with van der Waals surface area (Å²) in [5, 5.41) is 0.922. The number of ether oxygens (including phenoxy) is 1. The molecule has 2 rings (SSSR count). The van der Waals surface area contributed by atoms with Crippen molar-refractivity contribution in [3.05, 3.63) is 63.4 Å². The first-order valence-corrected chi connectivity index (χ1v) is 7.04. The zero-order chi connectivity index (χ0) is 15.4. The third kappa shape index (κ3) is 3.86. The van der Waals surface area contributed by atoms with E-state index in [1.54, 1.807) is 25.3 Å². The second-order valence-electron chi connectivity index (χ2n) is 4.55. The van der Waals surface area contributed by atoms with E-state index in [9.17, 15) is 4.39 Å². The van der Waals surface area contributed by atoms with Crippen LogP contribution in [-0.2, 0) is 6.42 Å². The van der Waals surface area contributed by atoms with Crippen LogP contribution in [0.3, 0.4) is 0 Å². The topological polar surface area (TPSA) is 47.3 Å². The summed E-state index contributed by atoms with van der Waals surface area (Å²) in [4.78, 5) is 0. The molecule has 3 N–H and O–H groups in total. The highest BCUT2D eigenvalue weighted by Crippen LogP contribution is 2.30. The van der Waals surface area contributed by atoms with Gasteiger partial charge in [0.1, 0.15) is 11.6 Å². The van der Waals surface area contributed by atoms with Crippen molar-refractivity contribution in [2.45, 2.75) is 12.5 Å². The molecule has 0 aromatic heterocycles. The number of hydrogen-bond acceptors (Lipinski definition) is 3. The molecule has 2 aromatic carbocycles. The summed E-state index contributed by atoms with van der Waals surface area (Å²) in [6, 6.07) is 9.28. The second-order valence-corrected chi connectivity index (χ2v) is 5.39. The molecule has 2 aromatic rings. The van der Waals surface area contributed by atoms with Crippen LogP contribution >= 0.6 is 23.2 Å². The number of methoxy groups -OCH3 is 1. The highest BCUT2D eigenvalue weighted by atomic mass is 35.5. The Morgan fingerprint density at radius 1 is 1.24 bits per heavy atom. The molecule has 1 atom stereocenters. The predicted molar refractivity (Wildman–Crippen MR) is 83.2 cm³/mol. The Labute approximate surface area is 132 Å². The Balaban J connectivity index is 2.33. The third-order valence-corrected chi connectivity index (χ3v) is 3.77. The van der Waals surface area contributed by atoms with Gasteiger partial charge in [-0.2, -0.15) is 0 Å². The zero-order valence-corrected chi connectivity index (χ0v) is 12.9. The normalized spacial score (nSPS) is 12.2. The van der Waals surface area contributed by atoms with Crippen LogP contribution in [0.15, 0.2) is 36.4 Å². The first-order chi connectivity index (χ1) is 10.0. The molecule has 0 heterocycles. The van der Waals surface area contributed by atoms with Crippen LogP contribution in [0.4, 0.5) is 4.39 Å². The minimum atomic E-state index is -0.389. The summed E-state index contributed by atoms with van der Waals surface area (Å²) in [7, 11) is 1.59. The smallest absolute Gasteiger partial charge is 0.124 e. The van der Waals surface area contributed by atoms with Crippen molar-refractivity contribution < 1.29 is 9.13 Å². The van der Waals surface area contributed by atoms with Crippen molar-refractivity contribution in [2.75, 3.05) is 7.11 Å². The van der Waals surface area contributed by atoms with E-state index in [2.05, 4.69) is 5.43 Å². The van der Waals surface area contributed by atoms with Crippen LogP contribution in [0.1, 0.15) is 17.2 Å². The number of benzene rings is 2. The lowest BCUT2D eigenvalue weighted by Gasteiger charge is -2.19. The molecule has 0 bridgehead atoms. The van der Waals surface area contributed by atoms with E-state index in [1.165, 1.54) is 12.1 Å². The molecule has 0 aliphatic rings. The molecule has 0 saturated heterocycles. The lowest BCUT2D eigenvalue weighted by molar-refractivity contribution is 0.405. The van der Waals surface area contributed by atoms with Gasteiger partial charge in [0.25, 0.3) is 0 Å². The predicted octanol–water partition coefficient (Wildman–Crippen LogP) is 3.89. The number of hydrogen-bond donors (Lipinski definition) is 2. The number of nitrogens with one attached hydrogen (secondary N) is 1. The van der Waals surface area contributed by atoms with Gasteiger partial charge in [-0.05, 0) is 47.9 Å². The summed E-state index contributed by atoms with van der Waals surface area (Å²) >= 11 is 12.1. The maximum atomic E-state index is 13.1. The second kappa shape index (κ2) is 7.09. The van der Waals surface area contributed by atoms with Gasteiger partial charge >= 0.3 is 0 Å². The molecule has 1 unspecified atom stereocenters. The van der Waals surface area contributed by atoms with E-state index >= 15 is 0 Å². The maximum absolute atomic E-state index is 13.1. The average molecular weight is 329 g/mol. The Morgan fingerprint density at radius 3 is 2.62 bits per heavy atom. The van der Waals surface area contributed by atoms with Crippen molar-refractivity contribution in [3.63, 3.8) is 0 Å².